The number of amides is 1. The van der Waals surface area contributed by atoms with E-state index in [-0.39, 0.29) is 17.5 Å². The third-order valence-electron chi connectivity index (χ3n) is 4.22. The van der Waals surface area contributed by atoms with E-state index in [1.165, 1.54) is 6.07 Å². The van der Waals surface area contributed by atoms with Gasteiger partial charge in [-0.15, -0.1) is 0 Å². The lowest BCUT2D eigenvalue weighted by Crippen LogP contribution is -2.40. The van der Waals surface area contributed by atoms with Crippen molar-refractivity contribution in [3.8, 4) is 0 Å². The smallest absolute Gasteiger partial charge is 0.247 e. The van der Waals surface area contributed by atoms with Crippen molar-refractivity contribution in [3.05, 3.63) is 57.2 Å². The van der Waals surface area contributed by atoms with Gasteiger partial charge in [0.2, 0.25) is 11.5 Å². The summed E-state index contributed by atoms with van der Waals surface area (Å²) in [6.45, 7) is 3.43. The molecular weight excluding hydrogens is 302 g/mol. The van der Waals surface area contributed by atoms with E-state index in [0.29, 0.717) is 19.4 Å². The minimum atomic E-state index is -0.127. The van der Waals surface area contributed by atoms with Crippen molar-refractivity contribution in [2.75, 3.05) is 6.54 Å². The Morgan fingerprint density at radius 1 is 1.32 bits per heavy atom. The van der Waals surface area contributed by atoms with Gasteiger partial charge in [0.25, 0.3) is 0 Å². The Hall–Kier alpha value is -2.01. The molecule has 2 aromatic heterocycles. The summed E-state index contributed by atoms with van der Waals surface area (Å²) in [7, 11) is 0. The van der Waals surface area contributed by atoms with Gasteiger partial charge in [-0.1, -0.05) is 17.7 Å². The van der Waals surface area contributed by atoms with Gasteiger partial charge in [-0.3, -0.25) is 9.59 Å². The van der Waals surface area contributed by atoms with Gasteiger partial charge in [0.1, 0.15) is 5.15 Å². The average Bonchev–Trinajstić information content (AvgIpc) is 2.89. The maximum atomic E-state index is 12.5. The third-order valence-corrected chi connectivity index (χ3v) is 4.55. The number of carbonyl (C=O) groups is 1. The molecule has 0 saturated carbocycles. The average molecular weight is 320 g/mol. The largest absolute Gasteiger partial charge is 0.333 e. The number of H-pyrrole nitrogens is 1. The van der Waals surface area contributed by atoms with Crippen LogP contribution in [0.2, 0.25) is 5.15 Å². The monoisotopic (exact) mass is 319 g/mol. The molecule has 5 nitrogen and oxygen atoms in total. The van der Waals surface area contributed by atoms with E-state index < -0.39 is 0 Å². The summed E-state index contributed by atoms with van der Waals surface area (Å²) in [4.78, 5) is 28.0. The summed E-state index contributed by atoms with van der Waals surface area (Å²) < 4.78 is 2.05. The van der Waals surface area contributed by atoms with Gasteiger partial charge >= 0.3 is 0 Å². The zero-order valence-electron chi connectivity index (χ0n) is 12.4. The van der Waals surface area contributed by atoms with Crippen LogP contribution in [0, 0.1) is 0 Å². The van der Waals surface area contributed by atoms with Crippen molar-refractivity contribution in [3.63, 3.8) is 0 Å². The molecule has 0 saturated heterocycles. The molecule has 1 aliphatic heterocycles. The van der Waals surface area contributed by atoms with Gasteiger partial charge in [0.05, 0.1) is 6.04 Å². The van der Waals surface area contributed by atoms with Crippen molar-refractivity contribution in [1.82, 2.24) is 14.5 Å². The number of aromatic amines is 1. The van der Waals surface area contributed by atoms with Crippen molar-refractivity contribution >= 4 is 17.5 Å². The molecule has 2 aromatic rings. The summed E-state index contributed by atoms with van der Waals surface area (Å²) in [6, 6.07) is 7.13. The third kappa shape index (κ3) is 2.81. The number of aromatic nitrogens is 2. The van der Waals surface area contributed by atoms with Gasteiger partial charge in [0, 0.05) is 37.5 Å². The molecule has 3 rings (SSSR count). The summed E-state index contributed by atoms with van der Waals surface area (Å²) in [6.07, 6.45) is 2.73. The molecule has 22 heavy (non-hydrogen) atoms. The molecule has 0 aliphatic carbocycles. The van der Waals surface area contributed by atoms with Crippen LogP contribution in [0.3, 0.4) is 0 Å². The van der Waals surface area contributed by atoms with Crippen LogP contribution in [0.4, 0.5) is 0 Å². The standard InChI is InChI=1S/C16H18ClN3O2/c1-11-13-4-5-14(17)20(13)9-8-19(11)16(22)7-3-12-2-6-15(21)18-10-12/h2,4-6,10-11H,3,7-9H2,1H3,(H,18,21). The summed E-state index contributed by atoms with van der Waals surface area (Å²) in [5.74, 6) is 0.127. The molecule has 0 radical (unpaired) electrons. The predicted molar refractivity (Wildman–Crippen MR) is 85.0 cm³/mol. The molecule has 0 bridgehead atoms. The highest BCUT2D eigenvalue weighted by atomic mass is 35.5. The first kappa shape index (κ1) is 14.9. The lowest BCUT2D eigenvalue weighted by atomic mass is 10.1. The molecule has 3 heterocycles. The van der Waals surface area contributed by atoms with Crippen LogP contribution >= 0.6 is 11.6 Å². The Morgan fingerprint density at radius 3 is 2.86 bits per heavy atom. The Kier molecular flexibility index (Phi) is 4.07. The number of hydrogen-bond acceptors (Lipinski definition) is 2. The number of rotatable bonds is 3. The van der Waals surface area contributed by atoms with Crippen LogP contribution in [0.5, 0.6) is 0 Å². The zero-order chi connectivity index (χ0) is 15.7. The van der Waals surface area contributed by atoms with Crippen LogP contribution in [-0.4, -0.2) is 26.9 Å². The highest BCUT2D eigenvalue weighted by Crippen LogP contribution is 2.29. The minimum absolute atomic E-state index is 0.0318. The molecule has 1 N–H and O–H groups in total. The van der Waals surface area contributed by atoms with Gasteiger partial charge in [-0.25, -0.2) is 0 Å². The van der Waals surface area contributed by atoms with E-state index in [0.717, 1.165) is 23.0 Å². The van der Waals surface area contributed by atoms with Gasteiger partial charge in [-0.2, -0.15) is 0 Å². The number of carbonyl (C=O) groups excluding carboxylic acids is 1. The molecular formula is C16H18ClN3O2. The lowest BCUT2D eigenvalue weighted by Gasteiger charge is -2.35. The first-order valence-electron chi connectivity index (χ1n) is 7.38. The van der Waals surface area contributed by atoms with Crippen LogP contribution in [0.25, 0.3) is 0 Å². The maximum absolute atomic E-state index is 12.5. The molecule has 116 valence electrons. The number of nitrogens with zero attached hydrogens (tertiary/aromatic N) is 2. The molecule has 1 amide bonds. The number of fused-ring (bicyclic) bond motifs is 1. The number of halogens is 1. The number of nitrogens with one attached hydrogen (secondary N) is 1. The van der Waals surface area contributed by atoms with E-state index >= 15 is 0 Å². The topological polar surface area (TPSA) is 58.1 Å². The first-order valence-corrected chi connectivity index (χ1v) is 7.76. The van der Waals surface area contributed by atoms with Crippen LogP contribution in [0.15, 0.2) is 35.3 Å². The predicted octanol–water partition coefficient (Wildman–Crippen LogP) is 2.37. The summed E-state index contributed by atoms with van der Waals surface area (Å²) >= 11 is 6.13. The Labute approximate surface area is 133 Å². The zero-order valence-corrected chi connectivity index (χ0v) is 13.1. The lowest BCUT2D eigenvalue weighted by molar-refractivity contribution is -0.134. The highest BCUT2D eigenvalue weighted by Gasteiger charge is 2.28. The fourth-order valence-corrected chi connectivity index (χ4v) is 3.20. The fraction of sp³-hybridized carbons (Fsp3) is 0.375. The maximum Gasteiger partial charge on any atom is 0.247 e. The second kappa shape index (κ2) is 6.01. The first-order chi connectivity index (χ1) is 10.6. The van der Waals surface area contributed by atoms with Crippen LogP contribution in [-0.2, 0) is 17.8 Å². The number of pyridine rings is 1. The Balaban J connectivity index is 1.66. The van der Waals surface area contributed by atoms with Crippen molar-refractivity contribution in [2.24, 2.45) is 0 Å². The van der Waals surface area contributed by atoms with Gasteiger partial charge in [-0.05, 0) is 31.0 Å². The second-order valence-electron chi connectivity index (χ2n) is 5.56. The van der Waals surface area contributed by atoms with E-state index in [2.05, 4.69) is 9.55 Å². The quantitative estimate of drug-likeness (QED) is 0.944. The summed E-state index contributed by atoms with van der Waals surface area (Å²) in [5, 5.41) is 0.724. The number of aryl methyl sites for hydroxylation is 1. The normalized spacial score (nSPS) is 17.4. The molecule has 1 unspecified atom stereocenters. The Bertz CT molecular complexity index is 730. The van der Waals surface area contributed by atoms with E-state index in [4.69, 9.17) is 11.6 Å². The van der Waals surface area contributed by atoms with Gasteiger partial charge < -0.3 is 14.5 Å². The molecule has 0 spiro atoms. The van der Waals surface area contributed by atoms with Crippen molar-refractivity contribution in [2.45, 2.75) is 32.4 Å². The molecule has 0 aromatic carbocycles. The van der Waals surface area contributed by atoms with Crippen LogP contribution in [0.1, 0.15) is 30.6 Å². The SMILES string of the molecule is CC1c2ccc(Cl)n2CCN1C(=O)CCc1ccc(=O)[nH]c1. The van der Waals surface area contributed by atoms with E-state index in [1.807, 2.05) is 24.0 Å². The molecule has 6 heteroatoms. The highest BCUT2D eigenvalue weighted by molar-refractivity contribution is 6.29. The van der Waals surface area contributed by atoms with Gasteiger partial charge in [0.15, 0.2) is 0 Å². The summed E-state index contributed by atoms with van der Waals surface area (Å²) in [5.41, 5.74) is 1.91. The van der Waals surface area contributed by atoms with E-state index in [1.54, 1.807) is 12.3 Å². The number of hydrogen-bond donors (Lipinski definition) is 1. The second-order valence-corrected chi connectivity index (χ2v) is 5.94. The fourth-order valence-electron chi connectivity index (χ4n) is 2.95. The molecule has 1 aliphatic rings. The van der Waals surface area contributed by atoms with Crippen LogP contribution < -0.4 is 5.56 Å². The minimum Gasteiger partial charge on any atom is -0.333 e. The van der Waals surface area contributed by atoms with Crippen molar-refractivity contribution < 1.29 is 4.79 Å². The van der Waals surface area contributed by atoms with Crippen molar-refractivity contribution in [1.29, 1.82) is 0 Å². The van der Waals surface area contributed by atoms with E-state index in [9.17, 15) is 9.59 Å². The molecule has 0 fully saturated rings. The Morgan fingerprint density at radius 2 is 2.14 bits per heavy atom. The molecule has 1 atom stereocenters.